The maximum Gasteiger partial charge on any atom is 0.327 e. The van der Waals surface area contributed by atoms with Gasteiger partial charge in [0.25, 0.3) is 0 Å². The molecule has 0 saturated heterocycles. The second-order valence-corrected chi connectivity index (χ2v) is 3.85. The van der Waals surface area contributed by atoms with Crippen molar-refractivity contribution in [3.05, 3.63) is 17.5 Å². The van der Waals surface area contributed by atoms with Crippen LogP contribution in [0, 0.1) is 0 Å². The summed E-state index contributed by atoms with van der Waals surface area (Å²) in [7, 11) is 0. The molecule has 1 aromatic heterocycles. The lowest BCUT2D eigenvalue weighted by Gasteiger charge is -2.02. The van der Waals surface area contributed by atoms with Gasteiger partial charge >= 0.3 is 5.97 Å². The van der Waals surface area contributed by atoms with Gasteiger partial charge in [0.15, 0.2) is 6.29 Å². The number of hydrogen-bond donors (Lipinski definition) is 0. The van der Waals surface area contributed by atoms with Crippen molar-refractivity contribution in [3.63, 3.8) is 0 Å². The van der Waals surface area contributed by atoms with Gasteiger partial charge in [-0.15, -0.1) is 0 Å². The Morgan fingerprint density at radius 2 is 2.44 bits per heavy atom. The molecule has 0 spiro atoms. The number of ether oxygens (including phenoxy) is 1. The molecule has 0 atom stereocenters. The van der Waals surface area contributed by atoms with Crippen LogP contribution in [0.1, 0.15) is 41.9 Å². The minimum absolute atomic E-state index is 0.00856. The first-order valence-electron chi connectivity index (χ1n) is 5.43. The predicted octanol–water partition coefficient (Wildman–Crippen LogP) is 1.14. The molecule has 1 fully saturated rings. The summed E-state index contributed by atoms with van der Waals surface area (Å²) in [5.41, 5.74) is 1.35. The number of rotatable bonds is 5. The van der Waals surface area contributed by atoms with E-state index in [-0.39, 0.29) is 12.5 Å². The Bertz CT molecular complexity index is 407. The molecule has 0 amide bonds. The summed E-state index contributed by atoms with van der Waals surface area (Å²) < 4.78 is 6.23. The third-order valence-electron chi connectivity index (χ3n) is 2.53. The molecule has 1 saturated carbocycles. The molecule has 1 heterocycles. The highest BCUT2D eigenvalue weighted by Gasteiger charge is 2.27. The van der Waals surface area contributed by atoms with Gasteiger partial charge in [-0.1, -0.05) is 0 Å². The Balaban J connectivity index is 2.11. The van der Waals surface area contributed by atoms with E-state index in [1.807, 2.05) is 0 Å². The SMILES string of the molecule is CCOC(=O)Cn1nc(C2CC2)cc1C=O. The number of nitrogens with zero attached hydrogens (tertiary/aromatic N) is 2. The maximum absolute atomic E-state index is 11.3. The molecule has 5 heteroatoms. The topological polar surface area (TPSA) is 61.2 Å². The third-order valence-corrected chi connectivity index (χ3v) is 2.53. The van der Waals surface area contributed by atoms with Crippen molar-refractivity contribution in [2.24, 2.45) is 0 Å². The van der Waals surface area contributed by atoms with Gasteiger partial charge in [-0.25, -0.2) is 0 Å². The summed E-state index contributed by atoms with van der Waals surface area (Å²) in [6.45, 7) is 2.10. The van der Waals surface area contributed by atoms with Crippen molar-refractivity contribution in [1.82, 2.24) is 9.78 Å². The molecule has 1 aromatic rings. The Morgan fingerprint density at radius 1 is 1.69 bits per heavy atom. The van der Waals surface area contributed by atoms with E-state index in [1.165, 1.54) is 4.68 Å². The van der Waals surface area contributed by atoms with Crippen molar-refractivity contribution in [1.29, 1.82) is 0 Å². The molecule has 16 heavy (non-hydrogen) atoms. The molecule has 86 valence electrons. The van der Waals surface area contributed by atoms with Crippen molar-refractivity contribution in [3.8, 4) is 0 Å². The van der Waals surface area contributed by atoms with Gasteiger partial charge in [-0.05, 0) is 25.8 Å². The monoisotopic (exact) mass is 222 g/mol. The normalized spacial score (nSPS) is 14.8. The molecule has 0 aliphatic heterocycles. The summed E-state index contributed by atoms with van der Waals surface area (Å²) >= 11 is 0. The van der Waals surface area contributed by atoms with E-state index in [0.29, 0.717) is 18.2 Å². The van der Waals surface area contributed by atoms with E-state index in [9.17, 15) is 9.59 Å². The van der Waals surface area contributed by atoms with Gasteiger partial charge < -0.3 is 4.74 Å². The standard InChI is InChI=1S/C11H14N2O3/c1-2-16-11(15)6-13-9(7-14)5-10(12-13)8-3-4-8/h5,7-8H,2-4,6H2,1H3. The quantitative estimate of drug-likeness (QED) is 0.553. The highest BCUT2D eigenvalue weighted by molar-refractivity contribution is 5.75. The second kappa shape index (κ2) is 4.47. The lowest BCUT2D eigenvalue weighted by molar-refractivity contribution is -0.144. The molecule has 1 aliphatic carbocycles. The minimum Gasteiger partial charge on any atom is -0.465 e. The maximum atomic E-state index is 11.3. The molecule has 2 rings (SSSR count). The molecule has 0 unspecified atom stereocenters. The molecule has 1 aliphatic rings. The van der Waals surface area contributed by atoms with Crippen LogP contribution in [-0.4, -0.2) is 28.6 Å². The number of aldehydes is 1. The van der Waals surface area contributed by atoms with Crippen molar-refractivity contribution in [2.45, 2.75) is 32.2 Å². The fourth-order valence-electron chi connectivity index (χ4n) is 1.58. The molecular formula is C11H14N2O3. The van der Waals surface area contributed by atoms with Gasteiger partial charge in [0.2, 0.25) is 0 Å². The largest absolute Gasteiger partial charge is 0.465 e. The Kier molecular flexibility index (Phi) is 3.03. The third kappa shape index (κ3) is 2.29. The van der Waals surface area contributed by atoms with Crippen molar-refractivity contribution < 1.29 is 14.3 Å². The highest BCUT2D eigenvalue weighted by Crippen LogP contribution is 2.39. The van der Waals surface area contributed by atoms with E-state index in [4.69, 9.17) is 4.74 Å². The summed E-state index contributed by atoms with van der Waals surface area (Å²) in [6.07, 6.45) is 2.96. The minimum atomic E-state index is -0.365. The number of carbonyl (C=O) groups excluding carboxylic acids is 2. The van der Waals surface area contributed by atoms with Crippen LogP contribution in [0.2, 0.25) is 0 Å². The van der Waals surface area contributed by atoms with Crippen LogP contribution in [0.5, 0.6) is 0 Å². The first-order chi connectivity index (χ1) is 7.74. The fourth-order valence-corrected chi connectivity index (χ4v) is 1.58. The zero-order valence-electron chi connectivity index (χ0n) is 9.18. The summed E-state index contributed by atoms with van der Waals surface area (Å²) in [5.74, 6) is 0.109. The van der Waals surface area contributed by atoms with Crippen molar-refractivity contribution in [2.75, 3.05) is 6.61 Å². The zero-order chi connectivity index (χ0) is 11.5. The van der Waals surface area contributed by atoms with Gasteiger partial charge in [0.1, 0.15) is 12.2 Å². The van der Waals surface area contributed by atoms with E-state index in [1.54, 1.807) is 13.0 Å². The van der Waals surface area contributed by atoms with Crippen LogP contribution in [-0.2, 0) is 16.1 Å². The van der Waals surface area contributed by atoms with E-state index in [0.717, 1.165) is 24.8 Å². The van der Waals surface area contributed by atoms with Crippen LogP contribution in [0.15, 0.2) is 6.07 Å². The molecule has 0 N–H and O–H groups in total. The summed E-state index contributed by atoms with van der Waals surface area (Å²) in [5, 5.41) is 4.25. The van der Waals surface area contributed by atoms with Crippen LogP contribution >= 0.6 is 0 Å². The number of aromatic nitrogens is 2. The Morgan fingerprint density at radius 3 is 3.00 bits per heavy atom. The smallest absolute Gasteiger partial charge is 0.327 e. The van der Waals surface area contributed by atoms with Crippen LogP contribution in [0.4, 0.5) is 0 Å². The van der Waals surface area contributed by atoms with E-state index in [2.05, 4.69) is 5.10 Å². The van der Waals surface area contributed by atoms with Crippen LogP contribution < -0.4 is 0 Å². The lowest BCUT2D eigenvalue weighted by Crippen LogP contribution is -2.16. The fraction of sp³-hybridized carbons (Fsp3) is 0.545. The van der Waals surface area contributed by atoms with E-state index < -0.39 is 0 Å². The van der Waals surface area contributed by atoms with Gasteiger partial charge in [-0.2, -0.15) is 5.10 Å². The summed E-state index contributed by atoms with van der Waals surface area (Å²) in [6, 6.07) is 1.75. The van der Waals surface area contributed by atoms with E-state index >= 15 is 0 Å². The molecular weight excluding hydrogens is 208 g/mol. The number of hydrogen-bond acceptors (Lipinski definition) is 4. The molecule has 0 radical (unpaired) electrons. The first kappa shape index (κ1) is 10.9. The molecule has 5 nitrogen and oxygen atoms in total. The van der Waals surface area contributed by atoms with Gasteiger partial charge in [-0.3, -0.25) is 14.3 Å². The average molecular weight is 222 g/mol. The number of carbonyl (C=O) groups is 2. The van der Waals surface area contributed by atoms with Crippen LogP contribution in [0.3, 0.4) is 0 Å². The summed E-state index contributed by atoms with van der Waals surface area (Å²) in [4.78, 5) is 22.1. The van der Waals surface area contributed by atoms with Crippen molar-refractivity contribution >= 4 is 12.3 Å². The molecule has 0 aromatic carbocycles. The van der Waals surface area contributed by atoms with Gasteiger partial charge in [0.05, 0.1) is 12.3 Å². The Labute approximate surface area is 93.4 Å². The average Bonchev–Trinajstić information content (AvgIpc) is 3.02. The van der Waals surface area contributed by atoms with Gasteiger partial charge in [0, 0.05) is 5.92 Å². The first-order valence-corrected chi connectivity index (χ1v) is 5.43. The Hall–Kier alpha value is -1.65. The lowest BCUT2D eigenvalue weighted by atomic mass is 10.3. The zero-order valence-corrected chi connectivity index (χ0v) is 9.18. The van der Waals surface area contributed by atoms with Crippen LogP contribution in [0.25, 0.3) is 0 Å². The molecule has 0 bridgehead atoms. The highest BCUT2D eigenvalue weighted by atomic mass is 16.5. The number of esters is 1. The second-order valence-electron chi connectivity index (χ2n) is 3.85. The predicted molar refractivity (Wildman–Crippen MR) is 56.2 cm³/mol.